The average molecular weight is 340 g/mol. The Morgan fingerprint density at radius 2 is 1.92 bits per heavy atom. The molecule has 1 fully saturated rings. The fourth-order valence-corrected chi connectivity index (χ4v) is 3.48. The molecule has 132 valence electrons. The third-order valence-corrected chi connectivity index (χ3v) is 4.97. The van der Waals surface area contributed by atoms with Crippen LogP contribution in [0, 0.1) is 6.92 Å². The first-order valence-corrected chi connectivity index (χ1v) is 8.92. The van der Waals surface area contributed by atoms with Crippen LogP contribution in [0.1, 0.15) is 22.4 Å². The van der Waals surface area contributed by atoms with Gasteiger partial charge < -0.3 is 9.64 Å². The number of morpholine rings is 1. The van der Waals surface area contributed by atoms with Crippen molar-refractivity contribution in [2.75, 3.05) is 37.7 Å². The number of aromatic amines is 1. The fourth-order valence-electron chi connectivity index (χ4n) is 3.48. The van der Waals surface area contributed by atoms with E-state index in [2.05, 4.69) is 46.0 Å². The van der Waals surface area contributed by atoms with Gasteiger partial charge in [-0.2, -0.15) is 0 Å². The van der Waals surface area contributed by atoms with Crippen LogP contribution in [-0.2, 0) is 24.2 Å². The average Bonchev–Trinajstić information content (AvgIpc) is 2.65. The zero-order chi connectivity index (χ0) is 17.2. The minimum atomic E-state index is 0.0000907. The van der Waals surface area contributed by atoms with Crippen molar-refractivity contribution < 1.29 is 4.74 Å². The van der Waals surface area contributed by atoms with Crippen LogP contribution < -0.4 is 10.5 Å². The Labute approximate surface area is 147 Å². The SMILES string of the molecule is Cc1ccc(CN2CCc3nc(N4CCOCC4)[nH]c(=O)c3C2)cc1. The molecular weight excluding hydrogens is 316 g/mol. The van der Waals surface area contributed by atoms with E-state index in [1.807, 2.05) is 0 Å². The number of nitrogens with zero attached hydrogens (tertiary/aromatic N) is 3. The standard InChI is InChI=1S/C19H24N4O2/c1-14-2-4-15(5-3-14)12-22-7-6-17-16(13-22)18(24)21-19(20-17)23-8-10-25-11-9-23/h2-5H,6-13H2,1H3,(H,20,21,24). The van der Waals surface area contributed by atoms with Gasteiger partial charge in [0.1, 0.15) is 0 Å². The zero-order valence-corrected chi connectivity index (χ0v) is 14.6. The molecule has 2 aromatic rings. The van der Waals surface area contributed by atoms with Crippen molar-refractivity contribution in [2.24, 2.45) is 0 Å². The second-order valence-electron chi connectivity index (χ2n) is 6.86. The number of rotatable bonds is 3. The van der Waals surface area contributed by atoms with Gasteiger partial charge in [0.2, 0.25) is 5.95 Å². The number of fused-ring (bicyclic) bond motifs is 1. The first-order valence-electron chi connectivity index (χ1n) is 8.92. The second kappa shape index (κ2) is 6.98. The van der Waals surface area contributed by atoms with Crippen molar-refractivity contribution in [3.05, 3.63) is 57.0 Å². The molecule has 1 saturated heterocycles. The highest BCUT2D eigenvalue weighted by Crippen LogP contribution is 2.19. The maximum Gasteiger partial charge on any atom is 0.257 e. The Balaban J connectivity index is 1.51. The number of aryl methyl sites for hydroxylation is 1. The molecule has 1 aromatic heterocycles. The van der Waals surface area contributed by atoms with E-state index in [4.69, 9.17) is 9.72 Å². The van der Waals surface area contributed by atoms with E-state index in [0.717, 1.165) is 43.9 Å². The van der Waals surface area contributed by atoms with Gasteiger partial charge in [-0.1, -0.05) is 29.8 Å². The Morgan fingerprint density at radius 3 is 2.68 bits per heavy atom. The molecule has 2 aliphatic heterocycles. The monoisotopic (exact) mass is 340 g/mol. The summed E-state index contributed by atoms with van der Waals surface area (Å²) in [5.74, 6) is 0.694. The molecule has 0 saturated carbocycles. The van der Waals surface area contributed by atoms with Crippen molar-refractivity contribution in [1.29, 1.82) is 0 Å². The molecule has 0 amide bonds. The van der Waals surface area contributed by atoms with Crippen molar-refractivity contribution >= 4 is 5.95 Å². The fraction of sp³-hybridized carbons (Fsp3) is 0.474. The van der Waals surface area contributed by atoms with Crippen molar-refractivity contribution in [1.82, 2.24) is 14.9 Å². The smallest absolute Gasteiger partial charge is 0.257 e. The summed E-state index contributed by atoms with van der Waals surface area (Å²) in [6, 6.07) is 8.59. The number of benzene rings is 1. The van der Waals surface area contributed by atoms with Gasteiger partial charge in [0.25, 0.3) is 5.56 Å². The summed E-state index contributed by atoms with van der Waals surface area (Å²) in [4.78, 5) is 24.7. The molecule has 0 unspecified atom stereocenters. The van der Waals surface area contributed by atoms with E-state index in [1.165, 1.54) is 11.1 Å². The molecule has 6 nitrogen and oxygen atoms in total. The number of nitrogens with one attached hydrogen (secondary N) is 1. The Hall–Kier alpha value is -2.18. The third-order valence-electron chi connectivity index (χ3n) is 4.97. The van der Waals surface area contributed by atoms with Crippen molar-refractivity contribution in [3.63, 3.8) is 0 Å². The summed E-state index contributed by atoms with van der Waals surface area (Å²) >= 11 is 0. The minimum Gasteiger partial charge on any atom is -0.378 e. The molecule has 25 heavy (non-hydrogen) atoms. The van der Waals surface area contributed by atoms with E-state index in [0.29, 0.717) is 25.7 Å². The van der Waals surface area contributed by atoms with E-state index >= 15 is 0 Å². The van der Waals surface area contributed by atoms with Crippen LogP contribution in [0.25, 0.3) is 0 Å². The van der Waals surface area contributed by atoms with Crippen LogP contribution in [0.3, 0.4) is 0 Å². The molecule has 0 radical (unpaired) electrons. The number of aromatic nitrogens is 2. The largest absolute Gasteiger partial charge is 0.378 e. The molecule has 2 aliphatic rings. The zero-order valence-electron chi connectivity index (χ0n) is 14.6. The normalized spacial score (nSPS) is 18.2. The predicted molar refractivity (Wildman–Crippen MR) is 96.9 cm³/mol. The topological polar surface area (TPSA) is 61.5 Å². The van der Waals surface area contributed by atoms with Crippen LogP contribution in [-0.4, -0.2) is 47.7 Å². The number of anilines is 1. The summed E-state index contributed by atoms with van der Waals surface area (Å²) in [5.41, 5.74) is 4.31. The Morgan fingerprint density at radius 1 is 1.16 bits per heavy atom. The van der Waals surface area contributed by atoms with Crippen LogP contribution in [0.2, 0.25) is 0 Å². The molecule has 0 spiro atoms. The lowest BCUT2D eigenvalue weighted by atomic mass is 10.1. The molecule has 6 heteroatoms. The lowest BCUT2D eigenvalue weighted by Gasteiger charge is -2.30. The Bertz CT molecular complexity index is 794. The van der Waals surface area contributed by atoms with Crippen LogP contribution >= 0.6 is 0 Å². The van der Waals surface area contributed by atoms with Gasteiger partial charge in [-0.05, 0) is 12.5 Å². The molecule has 4 rings (SSSR count). The van der Waals surface area contributed by atoms with Gasteiger partial charge in [-0.3, -0.25) is 14.7 Å². The van der Waals surface area contributed by atoms with E-state index in [1.54, 1.807) is 0 Å². The van der Waals surface area contributed by atoms with Gasteiger partial charge in [0, 0.05) is 39.1 Å². The van der Waals surface area contributed by atoms with Gasteiger partial charge in [-0.15, -0.1) is 0 Å². The second-order valence-corrected chi connectivity index (χ2v) is 6.86. The van der Waals surface area contributed by atoms with Crippen LogP contribution in [0.5, 0.6) is 0 Å². The van der Waals surface area contributed by atoms with Crippen LogP contribution in [0.4, 0.5) is 5.95 Å². The maximum absolute atomic E-state index is 12.6. The number of hydrogen-bond donors (Lipinski definition) is 1. The van der Waals surface area contributed by atoms with E-state index < -0.39 is 0 Å². The van der Waals surface area contributed by atoms with Gasteiger partial charge >= 0.3 is 0 Å². The maximum atomic E-state index is 12.6. The highest BCUT2D eigenvalue weighted by molar-refractivity contribution is 5.35. The number of H-pyrrole nitrogens is 1. The predicted octanol–water partition coefficient (Wildman–Crippen LogP) is 1.47. The first-order chi connectivity index (χ1) is 12.2. The van der Waals surface area contributed by atoms with Crippen molar-refractivity contribution in [2.45, 2.75) is 26.4 Å². The van der Waals surface area contributed by atoms with Gasteiger partial charge in [-0.25, -0.2) is 4.98 Å². The minimum absolute atomic E-state index is 0.0000907. The highest BCUT2D eigenvalue weighted by atomic mass is 16.5. The summed E-state index contributed by atoms with van der Waals surface area (Å²) in [5, 5.41) is 0. The third kappa shape index (κ3) is 3.60. The molecule has 1 N–H and O–H groups in total. The summed E-state index contributed by atoms with van der Waals surface area (Å²) < 4.78 is 5.37. The van der Waals surface area contributed by atoms with Gasteiger partial charge in [0.15, 0.2) is 0 Å². The first kappa shape index (κ1) is 16.3. The summed E-state index contributed by atoms with van der Waals surface area (Å²) in [6.45, 7) is 7.48. The summed E-state index contributed by atoms with van der Waals surface area (Å²) in [7, 11) is 0. The number of hydrogen-bond acceptors (Lipinski definition) is 5. The highest BCUT2D eigenvalue weighted by Gasteiger charge is 2.23. The summed E-state index contributed by atoms with van der Waals surface area (Å²) in [6.07, 6.45) is 0.822. The molecule has 0 bridgehead atoms. The quantitative estimate of drug-likeness (QED) is 0.917. The number of ether oxygens (including phenoxy) is 1. The Kier molecular flexibility index (Phi) is 4.55. The lowest BCUT2D eigenvalue weighted by molar-refractivity contribution is 0.122. The molecular formula is C19H24N4O2. The molecule has 0 aliphatic carbocycles. The van der Waals surface area contributed by atoms with E-state index in [9.17, 15) is 4.79 Å². The molecule has 0 atom stereocenters. The van der Waals surface area contributed by atoms with Crippen LogP contribution in [0.15, 0.2) is 29.1 Å². The molecule has 1 aromatic carbocycles. The molecule has 3 heterocycles. The lowest BCUT2D eigenvalue weighted by Crippen LogP contribution is -2.40. The van der Waals surface area contributed by atoms with Crippen molar-refractivity contribution in [3.8, 4) is 0 Å². The van der Waals surface area contributed by atoms with E-state index in [-0.39, 0.29) is 5.56 Å². The van der Waals surface area contributed by atoms with Gasteiger partial charge in [0.05, 0.1) is 24.5 Å².